The van der Waals surface area contributed by atoms with Gasteiger partial charge >= 0.3 is 12.0 Å². The molecule has 19 heavy (non-hydrogen) atoms. The molecule has 1 aliphatic rings. The summed E-state index contributed by atoms with van der Waals surface area (Å²) in [6, 6.07) is 2.21. The predicted octanol–water partition coefficient (Wildman–Crippen LogP) is 1.04. The van der Waals surface area contributed by atoms with Crippen LogP contribution >= 0.6 is 11.3 Å². The summed E-state index contributed by atoms with van der Waals surface area (Å²) < 4.78 is 0. The van der Waals surface area contributed by atoms with Crippen molar-refractivity contribution in [2.24, 2.45) is 0 Å². The summed E-state index contributed by atoms with van der Waals surface area (Å²) >= 11 is 1.52. The lowest BCUT2D eigenvalue weighted by molar-refractivity contribution is -0.141. The maximum absolute atomic E-state index is 12.1. The van der Waals surface area contributed by atoms with Gasteiger partial charge in [0.25, 0.3) is 0 Å². The van der Waals surface area contributed by atoms with Crippen molar-refractivity contribution in [3.05, 3.63) is 22.4 Å². The molecular formula is C12H16N2O4S. The number of nitrogens with zero attached hydrogens (tertiary/aromatic N) is 1. The lowest BCUT2D eigenvalue weighted by Crippen LogP contribution is -2.46. The number of carboxylic acid groups (broad SMARTS) is 1. The second-order valence-electron chi connectivity index (χ2n) is 4.58. The van der Waals surface area contributed by atoms with E-state index in [2.05, 4.69) is 5.32 Å². The quantitative estimate of drug-likeness (QED) is 0.773. The number of β-amino-alcohol motifs (C(OH)–C–C–N with tert-alkyl or cyclic N) is 1. The van der Waals surface area contributed by atoms with Crippen LogP contribution in [0.25, 0.3) is 0 Å². The summed E-state index contributed by atoms with van der Waals surface area (Å²) in [5.74, 6) is -1.09. The standard InChI is InChI=1S/C12H16N2O4S/c1-7(10-3-2-4-19-10)13-12(18)14-6-8(15)5-9(14)11(16)17/h2-4,7-9,15H,5-6H2,1H3,(H,13,18)(H,16,17)/t7?,8-,9-/m0/s1. The zero-order chi connectivity index (χ0) is 14.0. The molecule has 0 bridgehead atoms. The molecule has 1 fully saturated rings. The van der Waals surface area contributed by atoms with E-state index in [1.807, 2.05) is 24.4 Å². The first-order chi connectivity index (χ1) is 8.99. The number of nitrogens with one attached hydrogen (secondary N) is 1. The first-order valence-corrected chi connectivity index (χ1v) is 6.88. The maximum Gasteiger partial charge on any atom is 0.326 e. The summed E-state index contributed by atoms with van der Waals surface area (Å²) in [6.45, 7) is 1.89. The van der Waals surface area contributed by atoms with E-state index in [4.69, 9.17) is 5.11 Å². The average molecular weight is 284 g/mol. The lowest BCUT2D eigenvalue weighted by atomic mass is 10.2. The number of carbonyl (C=O) groups excluding carboxylic acids is 1. The number of carboxylic acids is 1. The Morgan fingerprint density at radius 2 is 2.32 bits per heavy atom. The van der Waals surface area contributed by atoms with Gasteiger partial charge in [0.1, 0.15) is 6.04 Å². The highest BCUT2D eigenvalue weighted by atomic mass is 32.1. The molecule has 1 saturated heterocycles. The number of aliphatic hydroxyl groups excluding tert-OH is 1. The zero-order valence-corrected chi connectivity index (χ0v) is 11.3. The van der Waals surface area contributed by atoms with E-state index in [1.54, 1.807) is 0 Å². The second kappa shape index (κ2) is 5.58. The van der Waals surface area contributed by atoms with E-state index < -0.39 is 24.1 Å². The van der Waals surface area contributed by atoms with E-state index in [1.165, 1.54) is 16.2 Å². The SMILES string of the molecule is CC(NC(=O)N1C[C@@H](O)C[C@H]1C(=O)O)c1cccs1. The van der Waals surface area contributed by atoms with Gasteiger partial charge in [-0.05, 0) is 18.4 Å². The van der Waals surface area contributed by atoms with Crippen molar-refractivity contribution in [3.63, 3.8) is 0 Å². The highest BCUT2D eigenvalue weighted by molar-refractivity contribution is 7.10. The van der Waals surface area contributed by atoms with E-state index in [0.29, 0.717) is 0 Å². The van der Waals surface area contributed by atoms with Gasteiger partial charge in [-0.1, -0.05) is 6.07 Å². The van der Waals surface area contributed by atoms with Crippen molar-refractivity contribution in [3.8, 4) is 0 Å². The molecule has 2 heterocycles. The van der Waals surface area contributed by atoms with Crippen molar-refractivity contribution in [1.82, 2.24) is 10.2 Å². The van der Waals surface area contributed by atoms with Gasteiger partial charge < -0.3 is 20.4 Å². The van der Waals surface area contributed by atoms with E-state index >= 15 is 0 Å². The van der Waals surface area contributed by atoms with Gasteiger partial charge in [0.15, 0.2) is 0 Å². The van der Waals surface area contributed by atoms with Gasteiger partial charge in [0.2, 0.25) is 0 Å². The minimum absolute atomic E-state index is 0.0555. The molecule has 1 unspecified atom stereocenters. The zero-order valence-electron chi connectivity index (χ0n) is 10.4. The molecule has 0 aromatic carbocycles. The van der Waals surface area contributed by atoms with Crippen molar-refractivity contribution in [2.45, 2.75) is 31.5 Å². The Labute approximate surface area is 114 Å². The van der Waals surface area contributed by atoms with E-state index in [9.17, 15) is 14.7 Å². The Hall–Kier alpha value is -1.60. The molecule has 2 rings (SSSR count). The van der Waals surface area contributed by atoms with Crippen molar-refractivity contribution in [2.75, 3.05) is 6.54 Å². The molecule has 3 atom stereocenters. The Kier molecular flexibility index (Phi) is 4.06. The minimum Gasteiger partial charge on any atom is -0.480 e. The third-order valence-corrected chi connectivity index (χ3v) is 4.19. The normalized spacial score (nSPS) is 24.2. The van der Waals surface area contributed by atoms with Crippen LogP contribution in [-0.2, 0) is 4.79 Å². The number of aliphatic carboxylic acids is 1. The fraction of sp³-hybridized carbons (Fsp3) is 0.500. The summed E-state index contributed by atoms with van der Waals surface area (Å²) in [6.07, 6.45) is -0.695. The third-order valence-electron chi connectivity index (χ3n) is 3.13. The van der Waals surface area contributed by atoms with Crippen LogP contribution in [0.1, 0.15) is 24.3 Å². The monoisotopic (exact) mass is 284 g/mol. The van der Waals surface area contributed by atoms with Gasteiger partial charge in [-0.25, -0.2) is 9.59 Å². The average Bonchev–Trinajstić information content (AvgIpc) is 2.96. The van der Waals surface area contributed by atoms with Gasteiger partial charge in [-0.2, -0.15) is 0 Å². The number of hydrogen-bond acceptors (Lipinski definition) is 4. The molecule has 104 valence electrons. The van der Waals surface area contributed by atoms with Crippen LogP contribution in [0.4, 0.5) is 4.79 Å². The number of carbonyl (C=O) groups is 2. The minimum atomic E-state index is -1.09. The smallest absolute Gasteiger partial charge is 0.326 e. The molecule has 0 spiro atoms. The fourth-order valence-corrected chi connectivity index (χ4v) is 2.88. The van der Waals surface area contributed by atoms with Crippen molar-refractivity contribution in [1.29, 1.82) is 0 Å². The second-order valence-corrected chi connectivity index (χ2v) is 5.56. The molecule has 0 radical (unpaired) electrons. The largest absolute Gasteiger partial charge is 0.480 e. The Balaban J connectivity index is 2.01. The molecular weight excluding hydrogens is 268 g/mol. The molecule has 0 aliphatic carbocycles. The predicted molar refractivity (Wildman–Crippen MR) is 70.0 cm³/mol. The van der Waals surface area contributed by atoms with Crippen LogP contribution in [0.2, 0.25) is 0 Å². The highest BCUT2D eigenvalue weighted by Gasteiger charge is 2.39. The first-order valence-electron chi connectivity index (χ1n) is 6.00. The van der Waals surface area contributed by atoms with Crippen LogP contribution in [0, 0.1) is 0 Å². The number of urea groups is 1. The molecule has 1 aliphatic heterocycles. The summed E-state index contributed by atoms with van der Waals surface area (Å²) in [5, 5.41) is 23.2. The molecule has 7 heteroatoms. The number of thiophene rings is 1. The summed E-state index contributed by atoms with van der Waals surface area (Å²) in [7, 11) is 0. The summed E-state index contributed by atoms with van der Waals surface area (Å²) in [5.41, 5.74) is 0. The highest BCUT2D eigenvalue weighted by Crippen LogP contribution is 2.21. The van der Waals surface area contributed by atoms with E-state index in [-0.39, 0.29) is 19.0 Å². The molecule has 2 amide bonds. The van der Waals surface area contributed by atoms with Crippen LogP contribution in [-0.4, -0.2) is 45.8 Å². The topological polar surface area (TPSA) is 89.9 Å². The Morgan fingerprint density at radius 3 is 2.89 bits per heavy atom. The first kappa shape index (κ1) is 13.8. The molecule has 6 nitrogen and oxygen atoms in total. The molecule has 1 aromatic heterocycles. The van der Waals surface area contributed by atoms with Crippen molar-refractivity contribution < 1.29 is 19.8 Å². The van der Waals surface area contributed by atoms with Gasteiger partial charge in [-0.3, -0.25) is 0 Å². The molecule has 0 saturated carbocycles. The van der Waals surface area contributed by atoms with Gasteiger partial charge in [0.05, 0.1) is 12.1 Å². The van der Waals surface area contributed by atoms with Gasteiger partial charge in [0, 0.05) is 17.8 Å². The maximum atomic E-state index is 12.1. The number of amides is 2. The van der Waals surface area contributed by atoms with Gasteiger partial charge in [-0.15, -0.1) is 11.3 Å². The molecule has 1 aromatic rings. The third kappa shape index (κ3) is 3.05. The number of aliphatic hydroxyl groups is 1. The number of likely N-dealkylation sites (tertiary alicyclic amines) is 1. The number of hydrogen-bond donors (Lipinski definition) is 3. The van der Waals surface area contributed by atoms with Crippen molar-refractivity contribution >= 4 is 23.3 Å². The van der Waals surface area contributed by atoms with E-state index in [0.717, 1.165) is 4.88 Å². The Morgan fingerprint density at radius 1 is 1.58 bits per heavy atom. The van der Waals surface area contributed by atoms with Crippen LogP contribution in [0.5, 0.6) is 0 Å². The lowest BCUT2D eigenvalue weighted by Gasteiger charge is -2.23. The Bertz CT molecular complexity index is 462. The van der Waals surface area contributed by atoms with Crippen LogP contribution in [0.15, 0.2) is 17.5 Å². The molecule has 3 N–H and O–H groups in total. The number of rotatable bonds is 3. The van der Waals surface area contributed by atoms with Crippen LogP contribution < -0.4 is 5.32 Å². The summed E-state index contributed by atoms with van der Waals surface area (Å²) in [4.78, 5) is 25.3. The van der Waals surface area contributed by atoms with Crippen LogP contribution in [0.3, 0.4) is 0 Å². The fourth-order valence-electron chi connectivity index (χ4n) is 2.15.